The molecule has 0 unspecified atom stereocenters. The average molecular weight is 259 g/mol. The molecule has 0 bridgehead atoms. The molecule has 0 fully saturated rings. The van der Waals surface area contributed by atoms with Gasteiger partial charge in [-0.3, -0.25) is 9.89 Å². The first-order chi connectivity index (χ1) is 8.99. The molecule has 0 saturated heterocycles. The van der Waals surface area contributed by atoms with E-state index in [1.165, 1.54) is 0 Å². The zero-order chi connectivity index (χ0) is 14.0. The third-order valence-corrected chi connectivity index (χ3v) is 2.92. The highest BCUT2D eigenvalue weighted by Crippen LogP contribution is 2.18. The third-order valence-electron chi connectivity index (χ3n) is 2.92. The predicted octanol–water partition coefficient (Wildman–Crippen LogP) is 1.28. The van der Waals surface area contributed by atoms with Gasteiger partial charge in [0.15, 0.2) is 5.82 Å². The average Bonchev–Trinajstić information content (AvgIpc) is 2.77. The van der Waals surface area contributed by atoms with Crippen molar-refractivity contribution < 1.29 is 4.79 Å². The van der Waals surface area contributed by atoms with Gasteiger partial charge in [0, 0.05) is 12.7 Å². The second-order valence-electron chi connectivity index (χ2n) is 4.53. The number of carbonyl (C=O) groups is 1. The molecular formula is C13H17N5O. The Bertz CT molecular complexity index is 605. The Hall–Kier alpha value is -2.37. The molecule has 1 aromatic carbocycles. The highest BCUT2D eigenvalue weighted by atomic mass is 16.2. The first kappa shape index (κ1) is 13.1. The molecule has 19 heavy (non-hydrogen) atoms. The van der Waals surface area contributed by atoms with Crippen molar-refractivity contribution >= 4 is 11.6 Å². The summed E-state index contributed by atoms with van der Waals surface area (Å²) in [6.07, 6.45) is 0. The molecule has 6 nitrogen and oxygen atoms in total. The first-order valence-electron chi connectivity index (χ1n) is 5.97. The van der Waals surface area contributed by atoms with Gasteiger partial charge in [-0.1, -0.05) is 12.1 Å². The molecule has 3 N–H and O–H groups in total. The number of para-hydroxylation sites is 1. The lowest BCUT2D eigenvalue weighted by atomic mass is 10.1. The number of hydrogen-bond donors (Lipinski definition) is 2. The van der Waals surface area contributed by atoms with E-state index in [1.54, 1.807) is 18.0 Å². The smallest absolute Gasteiger partial charge is 0.256 e. The molecule has 0 atom stereocenters. The van der Waals surface area contributed by atoms with E-state index in [1.807, 2.05) is 26.0 Å². The monoisotopic (exact) mass is 259 g/mol. The number of nitrogen functional groups attached to an aromatic ring is 1. The number of aryl methyl sites for hydroxylation is 2. The van der Waals surface area contributed by atoms with Crippen LogP contribution in [0.25, 0.3) is 0 Å². The van der Waals surface area contributed by atoms with Crippen LogP contribution in [0.1, 0.15) is 27.6 Å². The van der Waals surface area contributed by atoms with Crippen molar-refractivity contribution in [2.45, 2.75) is 20.4 Å². The SMILES string of the molecule is Cc1nc(CN(C)C(=O)c2cccc(C)c2N)n[nH]1. The minimum absolute atomic E-state index is 0.136. The van der Waals surface area contributed by atoms with Crippen LogP contribution in [0.2, 0.25) is 0 Å². The number of nitrogens with one attached hydrogen (secondary N) is 1. The second-order valence-corrected chi connectivity index (χ2v) is 4.53. The van der Waals surface area contributed by atoms with E-state index >= 15 is 0 Å². The summed E-state index contributed by atoms with van der Waals surface area (Å²) < 4.78 is 0. The minimum Gasteiger partial charge on any atom is -0.398 e. The van der Waals surface area contributed by atoms with Crippen molar-refractivity contribution in [1.82, 2.24) is 20.1 Å². The Morgan fingerprint density at radius 1 is 1.42 bits per heavy atom. The number of carbonyl (C=O) groups excluding carboxylic acids is 1. The Morgan fingerprint density at radius 3 is 2.79 bits per heavy atom. The van der Waals surface area contributed by atoms with Gasteiger partial charge >= 0.3 is 0 Å². The summed E-state index contributed by atoms with van der Waals surface area (Å²) in [4.78, 5) is 18.0. The zero-order valence-electron chi connectivity index (χ0n) is 11.3. The Balaban J connectivity index is 2.17. The molecule has 2 aromatic rings. The van der Waals surface area contributed by atoms with E-state index in [0.29, 0.717) is 23.6 Å². The molecule has 1 amide bonds. The van der Waals surface area contributed by atoms with Crippen molar-refractivity contribution in [3.63, 3.8) is 0 Å². The lowest BCUT2D eigenvalue weighted by Gasteiger charge is -2.17. The van der Waals surface area contributed by atoms with Crippen LogP contribution in [0.15, 0.2) is 18.2 Å². The number of H-pyrrole nitrogens is 1. The summed E-state index contributed by atoms with van der Waals surface area (Å²) in [6.45, 7) is 4.04. The molecule has 2 rings (SSSR count). The molecule has 0 aliphatic heterocycles. The van der Waals surface area contributed by atoms with Gasteiger partial charge in [-0.15, -0.1) is 0 Å². The molecule has 0 aliphatic carbocycles. The van der Waals surface area contributed by atoms with Crippen LogP contribution in [-0.2, 0) is 6.54 Å². The zero-order valence-corrected chi connectivity index (χ0v) is 11.3. The van der Waals surface area contributed by atoms with E-state index in [4.69, 9.17) is 5.73 Å². The number of aromatic nitrogens is 3. The number of hydrogen-bond acceptors (Lipinski definition) is 4. The molecular weight excluding hydrogens is 242 g/mol. The van der Waals surface area contributed by atoms with Crippen LogP contribution in [0.5, 0.6) is 0 Å². The summed E-state index contributed by atoms with van der Waals surface area (Å²) in [5.74, 6) is 1.18. The van der Waals surface area contributed by atoms with Gasteiger partial charge in [-0.25, -0.2) is 4.98 Å². The van der Waals surface area contributed by atoms with E-state index in [0.717, 1.165) is 11.4 Å². The lowest BCUT2D eigenvalue weighted by molar-refractivity contribution is 0.0782. The summed E-state index contributed by atoms with van der Waals surface area (Å²) in [5, 5.41) is 6.76. The van der Waals surface area contributed by atoms with Crippen molar-refractivity contribution in [3.8, 4) is 0 Å². The molecule has 1 heterocycles. The Morgan fingerprint density at radius 2 is 2.16 bits per heavy atom. The molecule has 6 heteroatoms. The maximum atomic E-state index is 12.3. The number of aromatic amines is 1. The van der Waals surface area contributed by atoms with Crippen LogP contribution in [-0.4, -0.2) is 33.0 Å². The van der Waals surface area contributed by atoms with Gasteiger partial charge in [0.2, 0.25) is 0 Å². The quantitative estimate of drug-likeness (QED) is 0.813. The lowest BCUT2D eigenvalue weighted by Crippen LogP contribution is -2.27. The standard InChI is InChI=1S/C13H17N5O/c1-8-5-4-6-10(12(8)14)13(19)18(3)7-11-15-9(2)16-17-11/h4-6H,7,14H2,1-3H3,(H,15,16,17). The van der Waals surface area contributed by atoms with Crippen LogP contribution in [0, 0.1) is 13.8 Å². The summed E-state index contributed by atoms with van der Waals surface area (Å²) >= 11 is 0. The van der Waals surface area contributed by atoms with Gasteiger partial charge in [0.25, 0.3) is 5.91 Å². The van der Waals surface area contributed by atoms with E-state index in [2.05, 4.69) is 15.2 Å². The van der Waals surface area contributed by atoms with Crippen LogP contribution < -0.4 is 5.73 Å². The topological polar surface area (TPSA) is 87.9 Å². The highest BCUT2D eigenvalue weighted by Gasteiger charge is 2.17. The summed E-state index contributed by atoms with van der Waals surface area (Å²) in [7, 11) is 1.70. The van der Waals surface area contributed by atoms with Crippen molar-refractivity contribution in [1.29, 1.82) is 0 Å². The van der Waals surface area contributed by atoms with E-state index in [9.17, 15) is 4.79 Å². The van der Waals surface area contributed by atoms with Gasteiger partial charge in [-0.2, -0.15) is 5.10 Å². The number of nitrogens with two attached hydrogens (primary N) is 1. The fourth-order valence-electron chi connectivity index (χ4n) is 1.82. The number of nitrogens with zero attached hydrogens (tertiary/aromatic N) is 3. The number of amides is 1. The highest BCUT2D eigenvalue weighted by molar-refractivity contribution is 5.99. The largest absolute Gasteiger partial charge is 0.398 e. The van der Waals surface area contributed by atoms with Crippen molar-refractivity contribution in [3.05, 3.63) is 41.0 Å². The third kappa shape index (κ3) is 2.73. The fraction of sp³-hybridized carbons (Fsp3) is 0.308. The Kier molecular flexibility index (Phi) is 3.50. The summed E-state index contributed by atoms with van der Waals surface area (Å²) in [5.41, 5.74) is 7.86. The maximum absolute atomic E-state index is 12.3. The van der Waals surface area contributed by atoms with Crippen LogP contribution >= 0.6 is 0 Å². The van der Waals surface area contributed by atoms with Crippen LogP contribution in [0.4, 0.5) is 5.69 Å². The number of rotatable bonds is 3. The van der Waals surface area contributed by atoms with E-state index < -0.39 is 0 Å². The summed E-state index contributed by atoms with van der Waals surface area (Å²) in [6, 6.07) is 5.43. The minimum atomic E-state index is -0.136. The number of benzene rings is 1. The fourth-order valence-corrected chi connectivity index (χ4v) is 1.82. The van der Waals surface area contributed by atoms with Gasteiger partial charge in [0.1, 0.15) is 5.82 Å². The molecule has 1 aromatic heterocycles. The molecule has 0 aliphatic rings. The van der Waals surface area contributed by atoms with Gasteiger partial charge in [0.05, 0.1) is 12.1 Å². The molecule has 100 valence electrons. The van der Waals surface area contributed by atoms with Crippen molar-refractivity contribution in [2.24, 2.45) is 0 Å². The number of anilines is 1. The molecule has 0 radical (unpaired) electrons. The molecule has 0 saturated carbocycles. The van der Waals surface area contributed by atoms with Crippen molar-refractivity contribution in [2.75, 3.05) is 12.8 Å². The first-order valence-corrected chi connectivity index (χ1v) is 5.97. The predicted molar refractivity (Wildman–Crippen MR) is 72.5 cm³/mol. The van der Waals surface area contributed by atoms with E-state index in [-0.39, 0.29) is 5.91 Å². The maximum Gasteiger partial charge on any atom is 0.256 e. The second kappa shape index (κ2) is 5.09. The Labute approximate surface area is 111 Å². The molecule has 0 spiro atoms. The van der Waals surface area contributed by atoms with Gasteiger partial charge in [-0.05, 0) is 25.5 Å². The normalized spacial score (nSPS) is 10.5. The van der Waals surface area contributed by atoms with Crippen LogP contribution in [0.3, 0.4) is 0 Å². The van der Waals surface area contributed by atoms with Gasteiger partial charge < -0.3 is 10.6 Å².